The van der Waals surface area contributed by atoms with E-state index in [0.717, 1.165) is 21.8 Å². The van der Waals surface area contributed by atoms with E-state index in [4.69, 9.17) is 39.2 Å². The van der Waals surface area contributed by atoms with Gasteiger partial charge in [-0.05, 0) is 35.4 Å². The third-order valence-electron chi connectivity index (χ3n) is 4.34. The van der Waals surface area contributed by atoms with Crippen LogP contribution in [-0.2, 0) is 12.2 Å². The van der Waals surface area contributed by atoms with Gasteiger partial charge < -0.3 is 9.73 Å². The molecule has 1 heterocycles. The molecule has 3 aromatic carbocycles. The molecule has 4 aromatic rings. The second-order valence-corrected chi connectivity index (χ2v) is 8.55. The highest BCUT2D eigenvalue weighted by molar-refractivity contribution is 7.98. The maximum Gasteiger partial charge on any atom is 0.276 e. The summed E-state index contributed by atoms with van der Waals surface area (Å²) >= 11 is 20.2. The van der Waals surface area contributed by atoms with Crippen LogP contribution in [0, 0.1) is 0 Å². The summed E-state index contributed by atoms with van der Waals surface area (Å²) in [5, 5.41) is 14.0. The van der Waals surface area contributed by atoms with Crippen molar-refractivity contribution in [2.24, 2.45) is 0 Å². The highest BCUT2D eigenvalue weighted by atomic mass is 35.5. The van der Waals surface area contributed by atoms with Gasteiger partial charge in [0.25, 0.3) is 5.22 Å². The number of thioether (sulfide) groups is 1. The number of hydrogen-bond acceptors (Lipinski definition) is 5. The van der Waals surface area contributed by atoms with Gasteiger partial charge in [0.2, 0.25) is 5.89 Å². The Hall–Kier alpha value is -2.18. The van der Waals surface area contributed by atoms with E-state index in [2.05, 4.69) is 15.5 Å². The van der Waals surface area contributed by atoms with E-state index >= 15 is 0 Å². The Morgan fingerprint density at radius 2 is 1.43 bits per heavy atom. The minimum atomic E-state index is 0.477. The van der Waals surface area contributed by atoms with Crippen LogP contribution >= 0.6 is 46.6 Å². The lowest BCUT2D eigenvalue weighted by Crippen LogP contribution is -1.98. The zero-order valence-electron chi connectivity index (χ0n) is 15.6. The second kappa shape index (κ2) is 9.75. The fraction of sp³-hybridized carbons (Fsp3) is 0.0909. The fourth-order valence-electron chi connectivity index (χ4n) is 2.83. The molecule has 0 spiro atoms. The van der Waals surface area contributed by atoms with E-state index in [1.165, 1.54) is 11.8 Å². The summed E-state index contributed by atoms with van der Waals surface area (Å²) in [6, 6.07) is 20.9. The minimum absolute atomic E-state index is 0.477. The summed E-state index contributed by atoms with van der Waals surface area (Å²) in [5.41, 5.74) is 3.54. The molecule has 1 aromatic heterocycles. The summed E-state index contributed by atoms with van der Waals surface area (Å²) in [4.78, 5) is 0. The molecule has 0 fully saturated rings. The van der Waals surface area contributed by atoms with Gasteiger partial charge in [-0.3, -0.25) is 0 Å². The Morgan fingerprint density at radius 1 is 0.767 bits per heavy atom. The van der Waals surface area contributed by atoms with Crippen molar-refractivity contribution in [2.45, 2.75) is 17.4 Å². The smallest absolute Gasteiger partial charge is 0.276 e. The van der Waals surface area contributed by atoms with Crippen molar-refractivity contribution in [3.63, 3.8) is 0 Å². The van der Waals surface area contributed by atoms with Crippen LogP contribution < -0.4 is 5.32 Å². The third-order valence-corrected chi connectivity index (χ3v) is 6.20. The monoisotopic (exact) mass is 475 g/mol. The number of nitrogens with one attached hydrogen (secondary N) is 1. The number of nitrogens with zero attached hydrogens (tertiary/aromatic N) is 2. The number of hydrogen-bond donors (Lipinski definition) is 1. The van der Waals surface area contributed by atoms with Gasteiger partial charge in [-0.15, -0.1) is 10.2 Å². The summed E-state index contributed by atoms with van der Waals surface area (Å²) in [6.45, 7) is 0. The van der Waals surface area contributed by atoms with Gasteiger partial charge in [0.15, 0.2) is 0 Å². The average molecular weight is 477 g/mol. The molecule has 0 aliphatic carbocycles. The van der Waals surface area contributed by atoms with Gasteiger partial charge >= 0.3 is 0 Å². The first kappa shape index (κ1) is 21.1. The van der Waals surface area contributed by atoms with Crippen molar-refractivity contribution < 1.29 is 4.42 Å². The van der Waals surface area contributed by atoms with Crippen LogP contribution in [0.2, 0.25) is 15.1 Å². The lowest BCUT2D eigenvalue weighted by atomic mass is 10.1. The largest absolute Gasteiger partial charge is 0.416 e. The minimum Gasteiger partial charge on any atom is -0.416 e. The quantitative estimate of drug-likeness (QED) is 0.277. The number of rotatable bonds is 7. The molecule has 0 atom stereocenters. The molecular weight excluding hydrogens is 461 g/mol. The molecule has 30 heavy (non-hydrogen) atoms. The number of para-hydroxylation sites is 2. The van der Waals surface area contributed by atoms with Gasteiger partial charge in [-0.1, -0.05) is 89.0 Å². The molecule has 0 aliphatic heterocycles. The van der Waals surface area contributed by atoms with Crippen LogP contribution in [0.5, 0.6) is 0 Å². The molecule has 0 unspecified atom stereocenters. The molecule has 4 rings (SSSR count). The lowest BCUT2D eigenvalue weighted by Gasteiger charge is -2.13. The molecule has 4 nitrogen and oxygen atoms in total. The maximum atomic E-state index is 6.29. The van der Waals surface area contributed by atoms with Gasteiger partial charge in [0, 0.05) is 16.5 Å². The van der Waals surface area contributed by atoms with Crippen LogP contribution in [0.25, 0.3) is 0 Å². The van der Waals surface area contributed by atoms with Gasteiger partial charge in [0.1, 0.15) is 0 Å². The van der Waals surface area contributed by atoms with Crippen molar-refractivity contribution in [2.75, 3.05) is 5.32 Å². The van der Waals surface area contributed by atoms with Crippen molar-refractivity contribution in [1.82, 2.24) is 10.2 Å². The van der Waals surface area contributed by atoms with Crippen LogP contribution in [-0.4, -0.2) is 10.2 Å². The van der Waals surface area contributed by atoms with Gasteiger partial charge in [0.05, 0.1) is 22.2 Å². The standard InChI is InChI=1S/C22H16Cl3N3OS/c23-16-8-3-1-7-15(16)13-30-22-28-27-20(29-22)12-14-6-2-4-11-19(14)26-21-17(24)9-5-10-18(21)25/h1-11,26H,12-13H2. The summed E-state index contributed by atoms with van der Waals surface area (Å²) < 4.78 is 5.82. The molecule has 8 heteroatoms. The molecular formula is C22H16Cl3N3OS. The zero-order chi connectivity index (χ0) is 20.9. The van der Waals surface area contributed by atoms with E-state index < -0.39 is 0 Å². The molecule has 0 radical (unpaired) electrons. The molecule has 0 amide bonds. The van der Waals surface area contributed by atoms with Crippen molar-refractivity contribution >= 4 is 57.9 Å². The van der Waals surface area contributed by atoms with Crippen LogP contribution in [0.15, 0.2) is 76.4 Å². The Bertz CT molecular complexity index is 1150. The topological polar surface area (TPSA) is 51.0 Å². The van der Waals surface area contributed by atoms with E-state index in [1.54, 1.807) is 12.1 Å². The number of anilines is 2. The lowest BCUT2D eigenvalue weighted by molar-refractivity contribution is 0.420. The van der Waals surface area contributed by atoms with E-state index in [9.17, 15) is 0 Å². The Balaban J connectivity index is 1.47. The van der Waals surface area contributed by atoms with Gasteiger partial charge in [-0.2, -0.15) is 0 Å². The van der Waals surface area contributed by atoms with Crippen LogP contribution in [0.1, 0.15) is 17.0 Å². The fourth-order valence-corrected chi connectivity index (χ4v) is 4.39. The van der Waals surface area contributed by atoms with Crippen molar-refractivity contribution in [3.05, 3.63) is 98.8 Å². The van der Waals surface area contributed by atoms with Crippen LogP contribution in [0.4, 0.5) is 11.4 Å². The summed E-state index contributed by atoms with van der Waals surface area (Å²) in [6.07, 6.45) is 0.477. The predicted molar refractivity (Wildman–Crippen MR) is 124 cm³/mol. The highest BCUT2D eigenvalue weighted by Crippen LogP contribution is 2.34. The predicted octanol–water partition coefficient (Wildman–Crippen LogP) is 7.66. The molecule has 0 bridgehead atoms. The van der Waals surface area contributed by atoms with E-state index in [0.29, 0.717) is 39.0 Å². The molecule has 0 aliphatic rings. The second-order valence-electron chi connectivity index (χ2n) is 6.40. The normalized spacial score (nSPS) is 10.9. The summed E-state index contributed by atoms with van der Waals surface area (Å²) in [5.74, 6) is 1.18. The average Bonchev–Trinajstić information content (AvgIpc) is 3.19. The number of benzene rings is 3. The van der Waals surface area contributed by atoms with Gasteiger partial charge in [-0.25, -0.2) is 0 Å². The first-order valence-corrected chi connectivity index (χ1v) is 11.2. The first-order valence-electron chi connectivity index (χ1n) is 9.07. The third kappa shape index (κ3) is 5.10. The van der Waals surface area contributed by atoms with E-state index in [-0.39, 0.29) is 0 Å². The Kier molecular flexibility index (Phi) is 6.85. The zero-order valence-corrected chi connectivity index (χ0v) is 18.7. The molecule has 0 saturated carbocycles. The van der Waals surface area contributed by atoms with Crippen molar-refractivity contribution in [3.8, 4) is 0 Å². The molecule has 0 saturated heterocycles. The molecule has 1 N–H and O–H groups in total. The Morgan fingerprint density at radius 3 is 2.20 bits per heavy atom. The van der Waals surface area contributed by atoms with Crippen molar-refractivity contribution in [1.29, 1.82) is 0 Å². The highest BCUT2D eigenvalue weighted by Gasteiger charge is 2.13. The maximum absolute atomic E-state index is 6.29. The number of halogens is 3. The Labute approximate surface area is 193 Å². The van der Waals surface area contributed by atoms with E-state index in [1.807, 2.05) is 54.6 Å². The summed E-state index contributed by atoms with van der Waals surface area (Å²) in [7, 11) is 0. The molecule has 152 valence electrons. The first-order chi connectivity index (χ1) is 14.6. The van der Waals surface area contributed by atoms with Crippen LogP contribution in [0.3, 0.4) is 0 Å². The SMILES string of the molecule is Clc1ccccc1CSc1nnc(Cc2ccccc2Nc2c(Cl)cccc2Cl)o1. The number of aromatic nitrogens is 2.